The molecule has 0 atom stereocenters. The normalized spacial score (nSPS) is 10.4. The first kappa shape index (κ1) is 12.6. The Morgan fingerprint density at radius 3 is 2.80 bits per heavy atom. The monoisotopic (exact) mass is 277 g/mol. The summed E-state index contributed by atoms with van der Waals surface area (Å²) in [5, 5.41) is 11.1. The third kappa shape index (κ3) is 2.36. The summed E-state index contributed by atoms with van der Waals surface area (Å²) in [5.74, 6) is 0. The Bertz CT molecular complexity index is 816. The highest BCUT2D eigenvalue weighted by Gasteiger charge is 2.09. The van der Waals surface area contributed by atoms with E-state index in [0.29, 0.717) is 5.56 Å². The van der Waals surface area contributed by atoms with Crippen LogP contribution in [0.3, 0.4) is 0 Å². The average Bonchev–Trinajstić information content (AvgIpc) is 2.48. The number of fused-ring (bicyclic) bond motifs is 1. The molecule has 0 amide bonds. The van der Waals surface area contributed by atoms with Crippen LogP contribution in [0.2, 0.25) is 0 Å². The summed E-state index contributed by atoms with van der Waals surface area (Å²) in [5.41, 5.74) is 2.71. The van der Waals surface area contributed by atoms with Crippen LogP contribution in [-0.2, 0) is 0 Å². The zero-order valence-corrected chi connectivity index (χ0v) is 11.7. The van der Waals surface area contributed by atoms with E-state index >= 15 is 0 Å². The van der Waals surface area contributed by atoms with Crippen molar-refractivity contribution >= 4 is 22.7 Å². The smallest absolute Gasteiger partial charge is 0.117 e. The van der Waals surface area contributed by atoms with Gasteiger partial charge in [-0.15, -0.1) is 0 Å². The summed E-state index contributed by atoms with van der Waals surface area (Å²) in [6, 6.07) is 15.9. The van der Waals surface area contributed by atoms with Crippen LogP contribution >= 0.6 is 11.8 Å². The Balaban J connectivity index is 2.10. The molecule has 96 valence electrons. The standard InChI is InChI=1S/C16H11N3S/c1-11-6-7-12(9-17)15(8-11)20-16-13-4-2-3-5-14(13)18-10-19-16/h2-8,10H,1H3. The van der Waals surface area contributed by atoms with E-state index in [4.69, 9.17) is 0 Å². The summed E-state index contributed by atoms with van der Waals surface area (Å²) >= 11 is 1.51. The second-order valence-electron chi connectivity index (χ2n) is 4.41. The molecule has 4 heteroatoms. The van der Waals surface area contributed by atoms with Gasteiger partial charge >= 0.3 is 0 Å². The summed E-state index contributed by atoms with van der Waals surface area (Å²) in [7, 11) is 0. The highest BCUT2D eigenvalue weighted by molar-refractivity contribution is 7.99. The van der Waals surface area contributed by atoms with Crippen LogP contribution in [0.25, 0.3) is 10.9 Å². The fourth-order valence-electron chi connectivity index (χ4n) is 1.97. The Morgan fingerprint density at radius 1 is 1.10 bits per heavy atom. The molecule has 3 rings (SSSR count). The summed E-state index contributed by atoms with van der Waals surface area (Å²) in [4.78, 5) is 9.53. The maximum absolute atomic E-state index is 9.20. The van der Waals surface area contributed by atoms with Gasteiger partial charge in [-0.3, -0.25) is 0 Å². The predicted molar refractivity (Wildman–Crippen MR) is 79.6 cm³/mol. The largest absolute Gasteiger partial charge is 0.236 e. The van der Waals surface area contributed by atoms with E-state index in [0.717, 1.165) is 26.4 Å². The van der Waals surface area contributed by atoms with Crippen molar-refractivity contribution in [2.75, 3.05) is 0 Å². The molecule has 0 fully saturated rings. The van der Waals surface area contributed by atoms with Crippen LogP contribution < -0.4 is 0 Å². The molecule has 0 bridgehead atoms. The maximum Gasteiger partial charge on any atom is 0.117 e. The number of nitrogens with zero attached hydrogens (tertiary/aromatic N) is 3. The lowest BCUT2D eigenvalue weighted by Gasteiger charge is -2.06. The molecule has 3 aromatic rings. The van der Waals surface area contributed by atoms with Crippen LogP contribution in [0.5, 0.6) is 0 Å². The minimum atomic E-state index is 0.670. The first-order valence-corrected chi connectivity index (χ1v) is 6.98. The van der Waals surface area contributed by atoms with Crippen molar-refractivity contribution in [3.63, 3.8) is 0 Å². The molecule has 2 aromatic carbocycles. The van der Waals surface area contributed by atoms with E-state index in [1.54, 1.807) is 6.33 Å². The van der Waals surface area contributed by atoms with Crippen molar-refractivity contribution in [3.05, 3.63) is 59.9 Å². The highest BCUT2D eigenvalue weighted by Crippen LogP contribution is 2.33. The number of rotatable bonds is 2. The molecule has 1 aromatic heterocycles. The molecule has 0 aliphatic carbocycles. The van der Waals surface area contributed by atoms with Gasteiger partial charge in [-0.25, -0.2) is 9.97 Å². The lowest BCUT2D eigenvalue weighted by molar-refractivity contribution is 1.10. The Kier molecular flexibility index (Phi) is 3.36. The first-order valence-electron chi connectivity index (χ1n) is 6.16. The van der Waals surface area contributed by atoms with E-state index in [2.05, 4.69) is 16.0 Å². The van der Waals surface area contributed by atoms with Crippen molar-refractivity contribution in [2.24, 2.45) is 0 Å². The fourth-order valence-corrected chi connectivity index (χ4v) is 3.03. The third-order valence-corrected chi connectivity index (χ3v) is 4.05. The summed E-state index contributed by atoms with van der Waals surface area (Å²) < 4.78 is 0. The van der Waals surface area contributed by atoms with Crippen LogP contribution in [0, 0.1) is 18.3 Å². The molecule has 0 aliphatic rings. The molecule has 0 saturated heterocycles. The fraction of sp³-hybridized carbons (Fsp3) is 0.0625. The average molecular weight is 277 g/mol. The van der Waals surface area contributed by atoms with Gasteiger partial charge in [-0.05, 0) is 30.7 Å². The van der Waals surface area contributed by atoms with Gasteiger partial charge in [0.25, 0.3) is 0 Å². The molecular formula is C16H11N3S. The van der Waals surface area contributed by atoms with Gasteiger partial charge in [-0.2, -0.15) is 5.26 Å². The predicted octanol–water partition coefficient (Wildman–Crippen LogP) is 3.96. The minimum absolute atomic E-state index is 0.670. The van der Waals surface area contributed by atoms with Gasteiger partial charge in [0, 0.05) is 10.3 Å². The van der Waals surface area contributed by atoms with Gasteiger partial charge < -0.3 is 0 Å². The van der Waals surface area contributed by atoms with E-state index in [1.165, 1.54) is 11.8 Å². The van der Waals surface area contributed by atoms with Crippen molar-refractivity contribution in [1.29, 1.82) is 5.26 Å². The van der Waals surface area contributed by atoms with Gasteiger partial charge in [-0.1, -0.05) is 36.0 Å². The highest BCUT2D eigenvalue weighted by atomic mass is 32.2. The number of hydrogen-bond donors (Lipinski definition) is 0. The zero-order chi connectivity index (χ0) is 13.9. The quantitative estimate of drug-likeness (QED) is 0.665. The molecule has 0 radical (unpaired) electrons. The van der Waals surface area contributed by atoms with E-state index in [1.807, 2.05) is 49.4 Å². The molecule has 0 saturated carbocycles. The molecule has 1 heterocycles. The molecule has 3 nitrogen and oxygen atoms in total. The number of hydrogen-bond acceptors (Lipinski definition) is 4. The lowest BCUT2D eigenvalue weighted by Crippen LogP contribution is -1.88. The van der Waals surface area contributed by atoms with Crippen LogP contribution in [0.4, 0.5) is 0 Å². The molecule has 0 aliphatic heterocycles. The second-order valence-corrected chi connectivity index (χ2v) is 5.44. The molecule has 0 unspecified atom stereocenters. The van der Waals surface area contributed by atoms with Gasteiger partial charge in [0.15, 0.2) is 0 Å². The van der Waals surface area contributed by atoms with Crippen molar-refractivity contribution < 1.29 is 0 Å². The number of benzene rings is 2. The van der Waals surface area contributed by atoms with Crippen molar-refractivity contribution in [3.8, 4) is 6.07 Å². The SMILES string of the molecule is Cc1ccc(C#N)c(Sc2ncnc3ccccc23)c1. The van der Waals surface area contributed by atoms with E-state index in [9.17, 15) is 5.26 Å². The minimum Gasteiger partial charge on any atom is -0.236 e. The Labute approximate surface area is 121 Å². The van der Waals surface area contributed by atoms with Crippen molar-refractivity contribution in [2.45, 2.75) is 16.8 Å². The van der Waals surface area contributed by atoms with E-state index in [-0.39, 0.29) is 0 Å². The summed E-state index contributed by atoms with van der Waals surface area (Å²) in [6.07, 6.45) is 1.56. The van der Waals surface area contributed by atoms with E-state index < -0.39 is 0 Å². The third-order valence-electron chi connectivity index (χ3n) is 2.97. The molecule has 0 spiro atoms. The van der Waals surface area contributed by atoms with Crippen LogP contribution in [0.15, 0.2) is 58.7 Å². The van der Waals surface area contributed by atoms with Gasteiger partial charge in [0.2, 0.25) is 0 Å². The zero-order valence-electron chi connectivity index (χ0n) is 10.9. The van der Waals surface area contributed by atoms with Crippen LogP contribution in [-0.4, -0.2) is 9.97 Å². The second kappa shape index (κ2) is 5.32. The molecular weight excluding hydrogens is 266 g/mol. The Morgan fingerprint density at radius 2 is 1.95 bits per heavy atom. The van der Waals surface area contributed by atoms with Crippen LogP contribution in [0.1, 0.15) is 11.1 Å². The number of para-hydroxylation sites is 1. The number of nitriles is 1. The first-order chi connectivity index (χ1) is 9.78. The Hall–Kier alpha value is -2.38. The number of aryl methyl sites for hydroxylation is 1. The molecule has 20 heavy (non-hydrogen) atoms. The topological polar surface area (TPSA) is 49.6 Å². The van der Waals surface area contributed by atoms with Gasteiger partial charge in [0.05, 0.1) is 11.1 Å². The maximum atomic E-state index is 9.20. The van der Waals surface area contributed by atoms with Gasteiger partial charge in [0.1, 0.15) is 17.4 Å². The molecule has 0 N–H and O–H groups in total. The van der Waals surface area contributed by atoms with Crippen molar-refractivity contribution in [1.82, 2.24) is 9.97 Å². The summed E-state index contributed by atoms with van der Waals surface area (Å²) in [6.45, 7) is 2.02. The number of aromatic nitrogens is 2. The lowest BCUT2D eigenvalue weighted by atomic mass is 10.2.